The number of amides is 1. The molecule has 5 saturated carbocycles. The Morgan fingerprint density at radius 3 is 2.51 bits per heavy atom. The van der Waals surface area contributed by atoms with Gasteiger partial charge >= 0.3 is 6.09 Å². The van der Waals surface area contributed by atoms with Gasteiger partial charge in [-0.3, -0.25) is 4.79 Å². The van der Waals surface area contributed by atoms with Crippen LogP contribution >= 0.6 is 11.3 Å². The first-order chi connectivity index (χ1) is 23.6. The third-order valence-electron chi connectivity index (χ3n) is 14.2. The molecule has 1 aliphatic heterocycles. The lowest BCUT2D eigenvalue weighted by atomic mass is 9.49. The Balaban J connectivity index is 1.09. The number of fused-ring (bicyclic) bond motifs is 9. The van der Waals surface area contributed by atoms with Crippen LogP contribution in [0.2, 0.25) is 0 Å². The first kappa shape index (κ1) is 32.0. The third-order valence-corrected chi connectivity index (χ3v) is 15.3. The summed E-state index contributed by atoms with van der Waals surface area (Å²) in [5.41, 5.74) is 3.49. The molecule has 6 heteroatoms. The van der Waals surface area contributed by atoms with Gasteiger partial charge in [-0.1, -0.05) is 48.9 Å². The van der Waals surface area contributed by atoms with Crippen LogP contribution in [0.4, 0.5) is 4.79 Å². The van der Waals surface area contributed by atoms with E-state index in [1.165, 1.54) is 44.1 Å². The van der Waals surface area contributed by atoms with Gasteiger partial charge in [0.15, 0.2) is 0 Å². The number of carbonyl (C=O) groups excluding carboxylic acids is 2. The summed E-state index contributed by atoms with van der Waals surface area (Å²) in [6.07, 6.45) is 15.4. The molecule has 4 unspecified atom stereocenters. The van der Waals surface area contributed by atoms with Crippen LogP contribution < -0.4 is 0 Å². The van der Waals surface area contributed by atoms with Crippen LogP contribution in [-0.2, 0) is 11.2 Å². The molecule has 8 aliphatic rings. The molecule has 2 heterocycles. The number of thiophene rings is 1. The second kappa shape index (κ2) is 11.8. The second-order valence-electron chi connectivity index (χ2n) is 17.5. The Morgan fingerprint density at radius 2 is 1.76 bits per heavy atom. The maximum absolute atomic E-state index is 14.6. The molecule has 3 aromatic rings. The summed E-state index contributed by atoms with van der Waals surface area (Å²) in [5.74, 6) is 2.68. The highest BCUT2D eigenvalue weighted by molar-refractivity contribution is 7.21. The number of nitrogens with zero attached hydrogens (tertiary/aromatic N) is 1. The van der Waals surface area contributed by atoms with Crippen LogP contribution in [0.15, 0.2) is 60.2 Å². The fourth-order valence-corrected chi connectivity index (χ4v) is 13.2. The van der Waals surface area contributed by atoms with Crippen molar-refractivity contribution in [3.8, 4) is 0 Å². The average Bonchev–Trinajstić information content (AvgIpc) is 3.71. The van der Waals surface area contributed by atoms with Crippen molar-refractivity contribution in [1.82, 2.24) is 4.90 Å². The summed E-state index contributed by atoms with van der Waals surface area (Å²) in [6, 6.07) is 16.6. The van der Waals surface area contributed by atoms with Crippen molar-refractivity contribution >= 4 is 33.3 Å². The summed E-state index contributed by atoms with van der Waals surface area (Å²) >= 11 is 1.56. The first-order valence-corrected chi connectivity index (χ1v) is 19.9. The molecule has 4 atom stereocenters. The lowest BCUT2D eigenvalue weighted by Gasteiger charge is -2.57. The number of ketones is 1. The van der Waals surface area contributed by atoms with Crippen molar-refractivity contribution in [2.24, 2.45) is 28.6 Å². The molecule has 11 rings (SSSR count). The minimum atomic E-state index is -0.581. The minimum absolute atomic E-state index is 0.0607. The predicted molar refractivity (Wildman–Crippen MR) is 195 cm³/mol. The van der Waals surface area contributed by atoms with Crippen molar-refractivity contribution in [1.29, 1.82) is 0 Å². The molecule has 6 fully saturated rings. The van der Waals surface area contributed by atoms with E-state index in [0.29, 0.717) is 19.4 Å². The van der Waals surface area contributed by atoms with Gasteiger partial charge in [0.05, 0.1) is 17.5 Å². The first-order valence-electron chi connectivity index (χ1n) is 19.1. The highest BCUT2D eigenvalue weighted by atomic mass is 32.1. The zero-order valence-corrected chi connectivity index (χ0v) is 30.0. The molecule has 49 heavy (non-hydrogen) atoms. The number of hydrogen-bond acceptors (Lipinski definition) is 5. The van der Waals surface area contributed by atoms with Gasteiger partial charge in [0.25, 0.3) is 0 Å². The van der Waals surface area contributed by atoms with Crippen LogP contribution in [0.1, 0.15) is 123 Å². The van der Waals surface area contributed by atoms with E-state index in [2.05, 4.69) is 55.2 Å². The molecule has 1 aromatic heterocycles. The van der Waals surface area contributed by atoms with Gasteiger partial charge < -0.3 is 14.7 Å². The molecular weight excluding hydrogens is 627 g/mol. The van der Waals surface area contributed by atoms with E-state index in [1.807, 2.05) is 18.2 Å². The average molecular weight is 678 g/mol. The Hall–Kier alpha value is -2.96. The number of aliphatic hydroxyl groups is 1. The van der Waals surface area contributed by atoms with Gasteiger partial charge in [0.2, 0.25) is 5.78 Å². The zero-order chi connectivity index (χ0) is 33.5. The number of ether oxygens (including phenoxy) is 1. The van der Waals surface area contributed by atoms with E-state index in [-0.39, 0.29) is 28.6 Å². The molecule has 0 radical (unpaired) electrons. The van der Waals surface area contributed by atoms with E-state index in [9.17, 15) is 14.7 Å². The highest BCUT2D eigenvalue weighted by Crippen LogP contribution is 2.64. The van der Waals surface area contributed by atoms with Crippen molar-refractivity contribution in [3.05, 3.63) is 81.7 Å². The zero-order valence-electron chi connectivity index (χ0n) is 29.2. The Labute approximate surface area is 295 Å². The second-order valence-corrected chi connectivity index (χ2v) is 18.6. The van der Waals surface area contributed by atoms with E-state index in [1.54, 1.807) is 11.3 Å². The third kappa shape index (κ3) is 5.42. The van der Waals surface area contributed by atoms with Gasteiger partial charge in [-0.2, -0.15) is 0 Å². The monoisotopic (exact) mass is 677 g/mol. The lowest BCUT2D eigenvalue weighted by molar-refractivity contribution is -0.0641. The van der Waals surface area contributed by atoms with Crippen LogP contribution in [0.25, 0.3) is 10.1 Å². The van der Waals surface area contributed by atoms with Gasteiger partial charge in [-0.15, -0.1) is 11.3 Å². The molecule has 2 aromatic carbocycles. The largest absolute Gasteiger partial charge is 0.440 e. The number of carbonyl (C=O) groups is 2. The predicted octanol–water partition coefficient (Wildman–Crippen LogP) is 9.85. The SMILES string of the molecule is CC1=CCCC2(C)C(CCC23CN(CC24CC5CC(CC(C5)C2)C4)C(=O)O3)c2ccc(cc2C(=O)c2cc3ccccc3s2)CC(O)CC1. The molecule has 1 saturated heterocycles. The van der Waals surface area contributed by atoms with Crippen molar-refractivity contribution in [3.63, 3.8) is 0 Å². The van der Waals surface area contributed by atoms with Crippen LogP contribution in [-0.4, -0.2) is 46.7 Å². The van der Waals surface area contributed by atoms with E-state index in [4.69, 9.17) is 4.74 Å². The molecule has 258 valence electrons. The molecule has 5 nitrogen and oxygen atoms in total. The van der Waals surface area contributed by atoms with Crippen molar-refractivity contribution in [2.75, 3.05) is 13.1 Å². The normalized spacial score (nSPS) is 37.0. The van der Waals surface area contributed by atoms with Crippen LogP contribution in [0, 0.1) is 28.6 Å². The Morgan fingerprint density at radius 1 is 1.00 bits per heavy atom. The summed E-state index contributed by atoms with van der Waals surface area (Å²) in [6.45, 7) is 6.06. The number of benzene rings is 2. The van der Waals surface area contributed by atoms with Crippen LogP contribution in [0.5, 0.6) is 0 Å². The standard InChI is InChI=1S/C43H51NO4S/c1-27-6-5-14-41(2)36(13-15-43(41)26-44(40(47)48-43)25-42-22-29-16-30(23-42)18-31(17-29)24-42)34-12-10-28(19-33(45)11-9-27)20-35(34)39(46)38-21-32-7-3-4-8-37(32)49-38/h3-4,6-8,10,12,20-21,29-31,33,36,45H,5,9,11,13-19,22-26H2,1-2H3. The van der Waals surface area contributed by atoms with Crippen molar-refractivity contribution < 1.29 is 19.4 Å². The Bertz CT molecular complexity index is 1770. The van der Waals surface area contributed by atoms with E-state index in [0.717, 1.165) is 88.1 Å². The number of allylic oxidation sites excluding steroid dienone is 2. The number of hydrogen-bond donors (Lipinski definition) is 1. The summed E-state index contributed by atoms with van der Waals surface area (Å²) in [5, 5.41) is 12.1. The van der Waals surface area contributed by atoms with Gasteiger partial charge in [-0.05, 0) is 154 Å². The highest BCUT2D eigenvalue weighted by Gasteiger charge is 2.65. The summed E-state index contributed by atoms with van der Waals surface area (Å²) in [4.78, 5) is 31.5. The molecule has 6 bridgehead atoms. The van der Waals surface area contributed by atoms with Crippen molar-refractivity contribution in [2.45, 2.75) is 115 Å². The van der Waals surface area contributed by atoms with Gasteiger partial charge in [-0.25, -0.2) is 4.79 Å². The quantitative estimate of drug-likeness (QED) is 0.221. The smallest absolute Gasteiger partial charge is 0.410 e. The molecule has 1 amide bonds. The van der Waals surface area contributed by atoms with Gasteiger partial charge in [0.1, 0.15) is 5.60 Å². The van der Waals surface area contributed by atoms with E-state index < -0.39 is 11.7 Å². The fourth-order valence-electron chi connectivity index (χ4n) is 12.2. The molecular formula is C43H51NO4S. The van der Waals surface area contributed by atoms with Crippen LogP contribution in [0.3, 0.4) is 0 Å². The maximum Gasteiger partial charge on any atom is 0.410 e. The number of rotatable bonds is 4. The Kier molecular flexibility index (Phi) is 7.70. The summed E-state index contributed by atoms with van der Waals surface area (Å²) < 4.78 is 7.85. The molecule has 1 spiro atoms. The number of aliphatic hydroxyl groups excluding tert-OH is 1. The topological polar surface area (TPSA) is 66.8 Å². The molecule has 7 aliphatic carbocycles. The fraction of sp³-hybridized carbons (Fsp3) is 0.581. The maximum atomic E-state index is 14.6. The summed E-state index contributed by atoms with van der Waals surface area (Å²) in [7, 11) is 0. The minimum Gasteiger partial charge on any atom is -0.440 e. The lowest BCUT2D eigenvalue weighted by Crippen LogP contribution is -2.52. The molecule has 1 N–H and O–H groups in total. The van der Waals surface area contributed by atoms with Gasteiger partial charge in [0, 0.05) is 22.2 Å². The van der Waals surface area contributed by atoms with E-state index >= 15 is 0 Å².